The number of nitrogens with one attached hydrogen (secondary N) is 1. The number of aryl methyl sites for hydroxylation is 1. The minimum Gasteiger partial charge on any atom is -0.494 e. The van der Waals surface area contributed by atoms with E-state index in [2.05, 4.69) is 20.6 Å². The molecule has 31 heavy (non-hydrogen) atoms. The van der Waals surface area contributed by atoms with Crippen molar-refractivity contribution in [2.75, 3.05) is 17.7 Å². The molecule has 4 aromatic rings. The van der Waals surface area contributed by atoms with Gasteiger partial charge in [-0.1, -0.05) is 29.4 Å². The molecule has 9 heteroatoms. The van der Waals surface area contributed by atoms with Gasteiger partial charge in [0.2, 0.25) is 5.91 Å². The smallest absolute Gasteiger partial charge is 0.234 e. The van der Waals surface area contributed by atoms with Crippen molar-refractivity contribution in [2.24, 2.45) is 0 Å². The van der Waals surface area contributed by atoms with Crippen molar-refractivity contribution in [3.63, 3.8) is 0 Å². The van der Waals surface area contributed by atoms with Gasteiger partial charge in [-0.2, -0.15) is 9.61 Å². The quantitative estimate of drug-likeness (QED) is 0.401. The van der Waals surface area contributed by atoms with Crippen molar-refractivity contribution in [2.45, 2.75) is 18.9 Å². The van der Waals surface area contributed by atoms with Crippen LogP contribution >= 0.6 is 23.4 Å². The van der Waals surface area contributed by atoms with Crippen LogP contribution in [0.25, 0.3) is 17.0 Å². The molecule has 0 saturated heterocycles. The van der Waals surface area contributed by atoms with Gasteiger partial charge >= 0.3 is 0 Å². The summed E-state index contributed by atoms with van der Waals surface area (Å²) in [5.41, 5.74) is 3.14. The Morgan fingerprint density at radius 3 is 2.68 bits per heavy atom. The summed E-state index contributed by atoms with van der Waals surface area (Å²) in [7, 11) is 0. The van der Waals surface area contributed by atoms with Crippen LogP contribution in [0.5, 0.6) is 5.75 Å². The molecule has 7 nitrogen and oxygen atoms in total. The highest BCUT2D eigenvalue weighted by Crippen LogP contribution is 2.24. The van der Waals surface area contributed by atoms with Crippen LogP contribution in [0.3, 0.4) is 0 Å². The molecule has 2 aromatic carbocycles. The van der Waals surface area contributed by atoms with Crippen LogP contribution in [-0.2, 0) is 4.79 Å². The topological polar surface area (TPSA) is 81.4 Å². The third kappa shape index (κ3) is 4.98. The van der Waals surface area contributed by atoms with Crippen molar-refractivity contribution in [3.05, 3.63) is 65.2 Å². The molecule has 0 radical (unpaired) electrons. The summed E-state index contributed by atoms with van der Waals surface area (Å²) in [5.74, 6) is 1.50. The van der Waals surface area contributed by atoms with E-state index in [4.69, 9.17) is 16.3 Å². The fourth-order valence-corrected chi connectivity index (χ4v) is 3.74. The second-order valence-electron chi connectivity index (χ2n) is 6.72. The van der Waals surface area contributed by atoms with Crippen molar-refractivity contribution in [1.29, 1.82) is 0 Å². The van der Waals surface area contributed by atoms with Crippen molar-refractivity contribution in [3.8, 4) is 17.1 Å². The average Bonchev–Trinajstić information content (AvgIpc) is 3.19. The van der Waals surface area contributed by atoms with E-state index in [1.807, 2.05) is 62.4 Å². The zero-order chi connectivity index (χ0) is 21.8. The maximum atomic E-state index is 12.3. The lowest BCUT2D eigenvalue weighted by Gasteiger charge is -2.07. The molecular formula is C22H20ClN5O2S. The predicted octanol–water partition coefficient (Wildman–Crippen LogP) is 4.88. The summed E-state index contributed by atoms with van der Waals surface area (Å²) in [5, 5.41) is 17.2. The van der Waals surface area contributed by atoms with Crippen molar-refractivity contribution >= 4 is 40.6 Å². The Morgan fingerprint density at radius 1 is 1.13 bits per heavy atom. The van der Waals surface area contributed by atoms with Gasteiger partial charge in [0.1, 0.15) is 10.8 Å². The van der Waals surface area contributed by atoms with Gasteiger partial charge in [0.05, 0.1) is 12.4 Å². The maximum absolute atomic E-state index is 12.3. The van der Waals surface area contributed by atoms with Gasteiger partial charge in [-0.25, -0.2) is 0 Å². The number of hydrogen-bond acceptors (Lipinski definition) is 6. The first-order valence-electron chi connectivity index (χ1n) is 9.68. The Kier molecular flexibility index (Phi) is 6.39. The predicted molar refractivity (Wildman–Crippen MR) is 123 cm³/mol. The first-order valence-corrected chi connectivity index (χ1v) is 11.0. The Hall–Kier alpha value is -3.10. The second-order valence-corrected chi connectivity index (χ2v) is 8.13. The third-order valence-corrected chi connectivity index (χ3v) is 5.80. The van der Waals surface area contributed by atoms with Crippen LogP contribution in [0.1, 0.15) is 12.5 Å². The number of carbonyl (C=O) groups is 1. The average molecular weight is 454 g/mol. The van der Waals surface area contributed by atoms with Crippen LogP contribution in [0, 0.1) is 6.92 Å². The molecule has 158 valence electrons. The number of aromatic nitrogens is 4. The third-order valence-electron chi connectivity index (χ3n) is 4.47. The van der Waals surface area contributed by atoms with Crippen LogP contribution in [0.15, 0.2) is 59.6 Å². The number of fused-ring (bicyclic) bond motifs is 1. The summed E-state index contributed by atoms with van der Waals surface area (Å²) in [6.07, 6.45) is 0. The lowest BCUT2D eigenvalue weighted by Crippen LogP contribution is -2.14. The van der Waals surface area contributed by atoms with Gasteiger partial charge in [-0.05, 0) is 67.9 Å². The number of anilines is 1. The van der Waals surface area contributed by atoms with E-state index in [1.165, 1.54) is 11.8 Å². The number of amides is 1. The van der Waals surface area contributed by atoms with E-state index in [9.17, 15) is 4.79 Å². The number of carbonyl (C=O) groups excluding carboxylic acids is 1. The number of benzene rings is 2. The lowest BCUT2D eigenvalue weighted by molar-refractivity contribution is -0.113. The summed E-state index contributed by atoms with van der Waals surface area (Å²) in [6.45, 7) is 4.47. The van der Waals surface area contributed by atoms with Crippen molar-refractivity contribution < 1.29 is 9.53 Å². The highest BCUT2D eigenvalue weighted by molar-refractivity contribution is 7.99. The maximum Gasteiger partial charge on any atom is 0.234 e. The molecule has 0 atom stereocenters. The van der Waals surface area contributed by atoms with E-state index in [-0.39, 0.29) is 11.7 Å². The normalized spacial score (nSPS) is 10.9. The van der Waals surface area contributed by atoms with E-state index < -0.39 is 0 Å². The number of halogens is 1. The first-order chi connectivity index (χ1) is 15.0. The number of hydrogen-bond donors (Lipinski definition) is 1. The molecule has 2 aromatic heterocycles. The van der Waals surface area contributed by atoms with Gasteiger partial charge in [0.25, 0.3) is 0 Å². The highest BCUT2D eigenvalue weighted by Gasteiger charge is 2.12. The van der Waals surface area contributed by atoms with Gasteiger partial charge in [-0.3, -0.25) is 4.79 Å². The Labute approximate surface area is 188 Å². The van der Waals surface area contributed by atoms with E-state index >= 15 is 0 Å². The summed E-state index contributed by atoms with van der Waals surface area (Å²) >= 11 is 7.45. The molecule has 0 aliphatic heterocycles. The summed E-state index contributed by atoms with van der Waals surface area (Å²) in [6, 6.07) is 16.7. The summed E-state index contributed by atoms with van der Waals surface area (Å²) < 4.78 is 7.16. The van der Waals surface area contributed by atoms with Crippen LogP contribution in [0.4, 0.5) is 5.69 Å². The van der Waals surface area contributed by atoms with Gasteiger partial charge < -0.3 is 10.1 Å². The summed E-state index contributed by atoms with van der Waals surface area (Å²) in [4.78, 5) is 12.3. The minimum absolute atomic E-state index is 0.137. The molecular weight excluding hydrogens is 434 g/mol. The number of rotatable bonds is 7. The number of thioether (sulfide) groups is 1. The Bertz CT molecular complexity index is 1230. The number of nitrogens with zero attached hydrogens (tertiary/aromatic N) is 4. The van der Waals surface area contributed by atoms with Crippen LogP contribution < -0.4 is 10.1 Å². The Morgan fingerprint density at radius 2 is 1.94 bits per heavy atom. The minimum atomic E-state index is -0.137. The van der Waals surface area contributed by atoms with Crippen LogP contribution in [0.2, 0.25) is 5.02 Å². The number of ether oxygens (including phenoxy) is 1. The second kappa shape index (κ2) is 9.36. The van der Waals surface area contributed by atoms with Crippen molar-refractivity contribution in [1.82, 2.24) is 19.8 Å². The first kappa shape index (κ1) is 21.1. The molecule has 0 aliphatic rings. The molecule has 0 saturated carbocycles. The van der Waals surface area contributed by atoms with Gasteiger partial charge in [-0.15, -0.1) is 10.2 Å². The van der Waals surface area contributed by atoms with Crippen LogP contribution in [-0.4, -0.2) is 38.1 Å². The molecule has 1 amide bonds. The zero-order valence-electron chi connectivity index (χ0n) is 17.0. The molecule has 0 spiro atoms. The lowest BCUT2D eigenvalue weighted by atomic mass is 10.2. The standard InChI is InChI=1S/C22H20ClN5O2S/c1-3-30-17-8-5-15(6-9-17)22-26-25-19-10-11-21(27-28(19)22)31-13-20(29)24-16-7-4-14(2)18(23)12-16/h4-12H,3,13H2,1-2H3,(H,24,29). The monoisotopic (exact) mass is 453 g/mol. The molecule has 0 bridgehead atoms. The van der Waals surface area contributed by atoms with Gasteiger partial charge in [0.15, 0.2) is 11.5 Å². The van der Waals surface area contributed by atoms with Gasteiger partial charge in [0, 0.05) is 16.3 Å². The molecule has 0 unspecified atom stereocenters. The van der Waals surface area contributed by atoms with E-state index in [0.717, 1.165) is 16.9 Å². The van der Waals surface area contributed by atoms with E-state index in [1.54, 1.807) is 10.6 Å². The molecule has 1 N–H and O–H groups in total. The SMILES string of the molecule is CCOc1ccc(-c2nnc3ccc(SCC(=O)Nc4ccc(C)c(Cl)c4)nn23)cc1. The molecule has 2 heterocycles. The van der Waals surface area contributed by atoms with E-state index in [0.29, 0.717) is 33.8 Å². The molecule has 4 rings (SSSR count). The molecule has 0 fully saturated rings. The molecule has 0 aliphatic carbocycles. The Balaban J connectivity index is 1.46. The largest absolute Gasteiger partial charge is 0.494 e. The fourth-order valence-electron chi connectivity index (χ4n) is 2.90. The zero-order valence-corrected chi connectivity index (χ0v) is 18.6. The highest BCUT2D eigenvalue weighted by atomic mass is 35.5. The fraction of sp³-hybridized carbons (Fsp3) is 0.182.